The number of benzene rings is 2. The van der Waals surface area contributed by atoms with E-state index in [1.807, 2.05) is 24.3 Å². The molecule has 0 aliphatic heterocycles. The van der Waals surface area contributed by atoms with Gasteiger partial charge in [-0.05, 0) is 41.7 Å². The van der Waals surface area contributed by atoms with E-state index in [2.05, 4.69) is 19.2 Å². The maximum atomic E-state index is 12.1. The van der Waals surface area contributed by atoms with Gasteiger partial charge in [0, 0.05) is 5.69 Å². The minimum absolute atomic E-state index is 0.0900. The van der Waals surface area contributed by atoms with E-state index in [-0.39, 0.29) is 19.1 Å². The lowest BCUT2D eigenvalue weighted by Gasteiger charge is -2.15. The van der Waals surface area contributed by atoms with E-state index in [4.69, 9.17) is 9.84 Å². The second kappa shape index (κ2) is 8.99. The van der Waals surface area contributed by atoms with Crippen molar-refractivity contribution in [1.29, 1.82) is 0 Å². The second-order valence-electron chi connectivity index (χ2n) is 5.88. The minimum Gasteiger partial charge on any atom is -0.452 e. The van der Waals surface area contributed by atoms with Gasteiger partial charge in [0.05, 0.1) is 12.2 Å². The highest BCUT2D eigenvalue weighted by Crippen LogP contribution is 2.26. The average molecular weight is 341 g/mol. The lowest BCUT2D eigenvalue weighted by atomic mass is 9.97. The summed E-state index contributed by atoms with van der Waals surface area (Å²) >= 11 is 0. The summed E-state index contributed by atoms with van der Waals surface area (Å²) in [5.74, 6) is -0.630. The fourth-order valence-corrected chi connectivity index (χ4v) is 2.41. The van der Waals surface area contributed by atoms with Gasteiger partial charge in [0.25, 0.3) is 5.91 Å². The van der Waals surface area contributed by atoms with Crippen molar-refractivity contribution in [2.45, 2.75) is 32.8 Å². The number of amides is 1. The first-order valence-electron chi connectivity index (χ1n) is 8.30. The van der Waals surface area contributed by atoms with Crippen LogP contribution in [0.15, 0.2) is 48.5 Å². The number of ether oxygens (including phenoxy) is 1. The highest BCUT2D eigenvalue weighted by Gasteiger charge is 2.13. The fraction of sp³-hybridized carbons (Fsp3) is 0.300. The van der Waals surface area contributed by atoms with Crippen LogP contribution in [-0.4, -0.2) is 23.6 Å². The second-order valence-corrected chi connectivity index (χ2v) is 5.88. The summed E-state index contributed by atoms with van der Waals surface area (Å²) in [6, 6.07) is 14.0. The number of para-hydroxylation sites is 1. The number of hydrogen-bond acceptors (Lipinski definition) is 4. The number of nitrogens with one attached hydrogen (secondary N) is 1. The van der Waals surface area contributed by atoms with Crippen molar-refractivity contribution in [2.24, 2.45) is 0 Å². The number of aliphatic hydroxyl groups excluding tert-OH is 1. The van der Waals surface area contributed by atoms with E-state index >= 15 is 0 Å². The number of carbonyl (C=O) groups is 2. The maximum Gasteiger partial charge on any atom is 0.338 e. The number of esters is 1. The Hall–Kier alpha value is -2.66. The Labute approximate surface area is 147 Å². The van der Waals surface area contributed by atoms with Crippen molar-refractivity contribution in [3.05, 3.63) is 65.2 Å². The van der Waals surface area contributed by atoms with Crippen LogP contribution in [0.4, 0.5) is 5.69 Å². The van der Waals surface area contributed by atoms with E-state index in [1.165, 1.54) is 0 Å². The highest BCUT2D eigenvalue weighted by molar-refractivity contribution is 5.96. The predicted octanol–water partition coefficient (Wildman–Crippen LogP) is 3.49. The molecule has 2 aromatic rings. The van der Waals surface area contributed by atoms with Crippen LogP contribution < -0.4 is 5.32 Å². The van der Waals surface area contributed by atoms with Crippen LogP contribution in [-0.2, 0) is 16.1 Å². The van der Waals surface area contributed by atoms with Crippen LogP contribution in [0.25, 0.3) is 0 Å². The van der Waals surface area contributed by atoms with Crippen LogP contribution in [0, 0.1) is 0 Å². The number of anilines is 1. The van der Waals surface area contributed by atoms with E-state index in [9.17, 15) is 9.59 Å². The molecule has 0 bridgehead atoms. The molecular weight excluding hydrogens is 318 g/mol. The van der Waals surface area contributed by atoms with Crippen LogP contribution >= 0.6 is 0 Å². The smallest absolute Gasteiger partial charge is 0.338 e. The molecule has 5 heteroatoms. The van der Waals surface area contributed by atoms with Gasteiger partial charge < -0.3 is 15.2 Å². The van der Waals surface area contributed by atoms with Crippen LogP contribution in [0.1, 0.15) is 47.7 Å². The molecule has 2 N–H and O–H groups in total. The zero-order valence-corrected chi connectivity index (χ0v) is 14.5. The van der Waals surface area contributed by atoms with Gasteiger partial charge in [0.1, 0.15) is 0 Å². The topological polar surface area (TPSA) is 75.6 Å². The molecule has 2 aromatic carbocycles. The number of rotatable bonds is 7. The summed E-state index contributed by atoms with van der Waals surface area (Å²) in [5, 5.41) is 11.8. The van der Waals surface area contributed by atoms with Crippen LogP contribution in [0.2, 0.25) is 0 Å². The van der Waals surface area contributed by atoms with Crippen molar-refractivity contribution in [3.8, 4) is 0 Å². The van der Waals surface area contributed by atoms with E-state index in [0.717, 1.165) is 17.7 Å². The quantitative estimate of drug-likeness (QED) is 0.756. The molecule has 1 amide bonds. The standard InChI is InChI=1S/C20H23NO4/c1-3-14(2)17-6-4-5-7-18(17)21-19(23)13-25-20(24)16-10-8-15(12-22)9-11-16/h4-11,14,22H,3,12-13H2,1-2H3,(H,21,23)/t14-/m1/s1. The molecule has 2 rings (SSSR count). The van der Waals surface area contributed by atoms with E-state index in [0.29, 0.717) is 17.0 Å². The molecule has 5 nitrogen and oxygen atoms in total. The zero-order valence-electron chi connectivity index (χ0n) is 14.5. The number of carbonyl (C=O) groups excluding carboxylic acids is 2. The summed E-state index contributed by atoms with van der Waals surface area (Å²) in [6.45, 7) is 3.75. The van der Waals surface area contributed by atoms with Crippen LogP contribution in [0.3, 0.4) is 0 Å². The molecule has 1 atom stereocenters. The maximum absolute atomic E-state index is 12.1. The summed E-state index contributed by atoms with van der Waals surface area (Å²) in [5.41, 5.74) is 2.84. The van der Waals surface area contributed by atoms with Crippen molar-refractivity contribution in [3.63, 3.8) is 0 Å². The normalized spacial score (nSPS) is 11.6. The third-order valence-corrected chi connectivity index (χ3v) is 4.08. The fourth-order valence-electron chi connectivity index (χ4n) is 2.41. The number of aliphatic hydroxyl groups is 1. The molecular formula is C20H23NO4. The van der Waals surface area contributed by atoms with E-state index < -0.39 is 5.97 Å². The molecule has 0 aliphatic carbocycles. The molecule has 0 unspecified atom stereocenters. The molecule has 0 spiro atoms. The monoisotopic (exact) mass is 341 g/mol. The molecule has 0 aliphatic rings. The van der Waals surface area contributed by atoms with Gasteiger partial charge in [0.15, 0.2) is 6.61 Å². The van der Waals surface area contributed by atoms with Gasteiger partial charge in [0.2, 0.25) is 0 Å². The molecule has 0 fully saturated rings. The van der Waals surface area contributed by atoms with Gasteiger partial charge in [-0.2, -0.15) is 0 Å². The SMILES string of the molecule is CC[C@@H](C)c1ccccc1NC(=O)COC(=O)c1ccc(CO)cc1. The van der Waals surface area contributed by atoms with E-state index in [1.54, 1.807) is 24.3 Å². The first kappa shape index (κ1) is 18.7. The third-order valence-electron chi connectivity index (χ3n) is 4.08. The molecule has 0 saturated heterocycles. The Bertz CT molecular complexity index is 725. The Morgan fingerprint density at radius 2 is 1.80 bits per heavy atom. The van der Waals surface area contributed by atoms with Gasteiger partial charge in [-0.25, -0.2) is 4.79 Å². The predicted molar refractivity (Wildman–Crippen MR) is 96.4 cm³/mol. The molecule has 0 saturated carbocycles. The Kier molecular flexibility index (Phi) is 6.71. The molecule has 0 radical (unpaired) electrons. The minimum atomic E-state index is -0.574. The Morgan fingerprint density at radius 3 is 2.44 bits per heavy atom. The zero-order chi connectivity index (χ0) is 18.2. The lowest BCUT2D eigenvalue weighted by molar-refractivity contribution is -0.119. The molecule has 0 aromatic heterocycles. The third kappa shape index (κ3) is 5.16. The summed E-state index contributed by atoms with van der Waals surface area (Å²) < 4.78 is 5.05. The van der Waals surface area contributed by atoms with Gasteiger partial charge in [-0.1, -0.05) is 44.2 Å². The molecule has 25 heavy (non-hydrogen) atoms. The highest BCUT2D eigenvalue weighted by atomic mass is 16.5. The van der Waals surface area contributed by atoms with Crippen molar-refractivity contribution in [2.75, 3.05) is 11.9 Å². The lowest BCUT2D eigenvalue weighted by Crippen LogP contribution is -2.21. The van der Waals surface area contributed by atoms with Gasteiger partial charge in [-0.15, -0.1) is 0 Å². The number of hydrogen-bond donors (Lipinski definition) is 2. The van der Waals surface area contributed by atoms with Gasteiger partial charge in [-0.3, -0.25) is 4.79 Å². The van der Waals surface area contributed by atoms with Gasteiger partial charge >= 0.3 is 5.97 Å². The average Bonchev–Trinajstić information content (AvgIpc) is 2.66. The van der Waals surface area contributed by atoms with Crippen LogP contribution in [0.5, 0.6) is 0 Å². The van der Waals surface area contributed by atoms with Crippen molar-refractivity contribution < 1.29 is 19.4 Å². The first-order valence-corrected chi connectivity index (χ1v) is 8.30. The summed E-state index contributed by atoms with van der Waals surface area (Å²) in [6.07, 6.45) is 0.964. The van der Waals surface area contributed by atoms with Crippen molar-refractivity contribution in [1.82, 2.24) is 0 Å². The Balaban J connectivity index is 1.93. The largest absolute Gasteiger partial charge is 0.452 e. The molecule has 132 valence electrons. The Morgan fingerprint density at radius 1 is 1.12 bits per heavy atom. The molecule has 0 heterocycles. The summed E-state index contributed by atoms with van der Waals surface area (Å²) in [4.78, 5) is 24.0. The van der Waals surface area contributed by atoms with Crippen molar-refractivity contribution >= 4 is 17.6 Å². The summed E-state index contributed by atoms with van der Waals surface area (Å²) in [7, 11) is 0. The first-order chi connectivity index (χ1) is 12.0.